The van der Waals surface area contributed by atoms with Gasteiger partial charge >= 0.3 is 5.97 Å². The van der Waals surface area contributed by atoms with Crippen molar-refractivity contribution in [2.24, 2.45) is 0 Å². The lowest BCUT2D eigenvalue weighted by molar-refractivity contribution is -0.147. The molecular formula is C18H32O4. The standard InChI is InChI=1S/C8H10.C6H12O3.C4H10O/c1-7-5-3-4-6-8(7)2;1-5(4-8-3)9-6(2)7;1-2-3-4-5/h3-6H,1-2H3;5H,4H2,1-3H3;5H,2-4H2,1H3. The number of hydrogen-bond acceptors (Lipinski definition) is 4. The summed E-state index contributed by atoms with van der Waals surface area (Å²) >= 11 is 0. The van der Waals surface area contributed by atoms with Crippen LogP contribution >= 0.6 is 0 Å². The number of aryl methyl sites for hydroxylation is 2. The van der Waals surface area contributed by atoms with Crippen LogP contribution in [-0.2, 0) is 14.3 Å². The van der Waals surface area contributed by atoms with E-state index in [1.54, 1.807) is 14.0 Å². The van der Waals surface area contributed by atoms with E-state index in [1.165, 1.54) is 18.1 Å². The van der Waals surface area contributed by atoms with Crippen molar-refractivity contribution in [3.8, 4) is 0 Å². The molecule has 0 fully saturated rings. The molecule has 1 N–H and O–H groups in total. The van der Waals surface area contributed by atoms with Gasteiger partial charge in [0.25, 0.3) is 0 Å². The van der Waals surface area contributed by atoms with E-state index < -0.39 is 0 Å². The number of carbonyl (C=O) groups is 1. The summed E-state index contributed by atoms with van der Waals surface area (Å²) in [4.78, 5) is 10.3. The SMILES string of the molecule is CCCCO.COCC(C)OC(C)=O.Cc1ccccc1C. The largest absolute Gasteiger partial charge is 0.460 e. The minimum Gasteiger partial charge on any atom is -0.460 e. The topological polar surface area (TPSA) is 55.8 Å². The first-order valence-corrected chi connectivity index (χ1v) is 7.68. The third-order valence-electron chi connectivity index (χ3n) is 2.71. The zero-order chi connectivity index (χ0) is 17.4. The molecule has 0 amide bonds. The first-order valence-electron chi connectivity index (χ1n) is 7.68. The van der Waals surface area contributed by atoms with Crippen LogP contribution in [0.2, 0.25) is 0 Å². The third-order valence-corrected chi connectivity index (χ3v) is 2.71. The molecule has 0 aliphatic heterocycles. The van der Waals surface area contributed by atoms with E-state index >= 15 is 0 Å². The Bertz CT molecular complexity index is 354. The number of carbonyl (C=O) groups excluding carboxylic acids is 1. The van der Waals surface area contributed by atoms with E-state index in [9.17, 15) is 4.79 Å². The maximum atomic E-state index is 10.3. The van der Waals surface area contributed by atoms with Gasteiger partial charge in [-0.2, -0.15) is 0 Å². The second-order valence-electron chi connectivity index (χ2n) is 5.04. The third kappa shape index (κ3) is 16.7. The van der Waals surface area contributed by atoms with Crippen molar-refractivity contribution in [1.82, 2.24) is 0 Å². The summed E-state index contributed by atoms with van der Waals surface area (Å²) in [6.45, 7) is 10.3. The number of hydrogen-bond donors (Lipinski definition) is 1. The molecule has 4 heteroatoms. The second kappa shape index (κ2) is 16.0. The summed E-state index contributed by atoms with van der Waals surface area (Å²) in [5.74, 6) is -0.264. The van der Waals surface area contributed by atoms with Crippen molar-refractivity contribution in [3.05, 3.63) is 35.4 Å². The Morgan fingerprint density at radius 2 is 1.73 bits per heavy atom. The van der Waals surface area contributed by atoms with E-state index in [2.05, 4.69) is 45.0 Å². The lowest BCUT2D eigenvalue weighted by Crippen LogP contribution is -2.17. The minimum atomic E-state index is -0.264. The number of esters is 1. The van der Waals surface area contributed by atoms with E-state index in [4.69, 9.17) is 14.6 Å². The summed E-state index contributed by atoms with van der Waals surface area (Å²) in [5.41, 5.74) is 2.74. The fourth-order valence-electron chi connectivity index (χ4n) is 1.37. The molecule has 1 atom stereocenters. The highest BCUT2D eigenvalue weighted by molar-refractivity contribution is 5.66. The van der Waals surface area contributed by atoms with Crippen molar-refractivity contribution < 1.29 is 19.4 Å². The van der Waals surface area contributed by atoms with Crippen molar-refractivity contribution in [1.29, 1.82) is 0 Å². The molecule has 0 heterocycles. The van der Waals surface area contributed by atoms with Crippen LogP contribution in [0.1, 0.15) is 44.7 Å². The predicted octanol–water partition coefficient (Wildman–Crippen LogP) is 3.67. The van der Waals surface area contributed by atoms with Crippen molar-refractivity contribution >= 4 is 5.97 Å². The van der Waals surface area contributed by atoms with Crippen LogP contribution in [0.15, 0.2) is 24.3 Å². The van der Waals surface area contributed by atoms with E-state index in [-0.39, 0.29) is 12.1 Å². The Balaban J connectivity index is 0. The Hall–Kier alpha value is -1.39. The number of rotatable bonds is 5. The maximum Gasteiger partial charge on any atom is 0.302 e. The summed E-state index contributed by atoms with van der Waals surface area (Å²) in [7, 11) is 1.57. The molecule has 4 nitrogen and oxygen atoms in total. The van der Waals surface area contributed by atoms with Crippen molar-refractivity contribution in [3.63, 3.8) is 0 Å². The zero-order valence-electron chi connectivity index (χ0n) is 14.9. The fraction of sp³-hybridized carbons (Fsp3) is 0.611. The van der Waals surface area contributed by atoms with Gasteiger partial charge in [-0.05, 0) is 38.3 Å². The van der Waals surface area contributed by atoms with Gasteiger partial charge in [0.2, 0.25) is 0 Å². The first-order chi connectivity index (χ1) is 10.4. The second-order valence-corrected chi connectivity index (χ2v) is 5.04. The average Bonchev–Trinajstić information content (AvgIpc) is 2.44. The van der Waals surface area contributed by atoms with Crippen LogP contribution in [0.5, 0.6) is 0 Å². The van der Waals surface area contributed by atoms with Gasteiger partial charge in [0, 0.05) is 20.6 Å². The summed E-state index contributed by atoms with van der Waals surface area (Å²) in [6.07, 6.45) is 1.91. The molecule has 1 rings (SSSR count). The van der Waals surface area contributed by atoms with E-state index in [0.29, 0.717) is 13.2 Å². The van der Waals surface area contributed by atoms with E-state index in [0.717, 1.165) is 12.8 Å². The molecule has 22 heavy (non-hydrogen) atoms. The van der Waals surface area contributed by atoms with Gasteiger partial charge in [-0.25, -0.2) is 0 Å². The molecule has 0 aromatic heterocycles. The number of ether oxygens (including phenoxy) is 2. The quantitative estimate of drug-likeness (QED) is 0.843. The molecule has 0 radical (unpaired) electrons. The molecule has 0 saturated heterocycles. The smallest absolute Gasteiger partial charge is 0.302 e. The van der Waals surface area contributed by atoms with Gasteiger partial charge in [0.1, 0.15) is 6.10 Å². The van der Waals surface area contributed by atoms with Gasteiger partial charge in [0.05, 0.1) is 6.61 Å². The Morgan fingerprint density at radius 3 is 1.95 bits per heavy atom. The molecule has 0 spiro atoms. The number of aliphatic hydroxyl groups is 1. The van der Waals surface area contributed by atoms with Crippen LogP contribution in [0.3, 0.4) is 0 Å². The molecule has 1 aromatic carbocycles. The van der Waals surface area contributed by atoms with Crippen molar-refractivity contribution in [2.75, 3.05) is 20.3 Å². The molecule has 0 saturated carbocycles. The lowest BCUT2D eigenvalue weighted by Gasteiger charge is -2.08. The molecule has 1 aromatic rings. The summed E-state index contributed by atoms with van der Waals surface area (Å²) < 4.78 is 9.45. The normalized spacial score (nSPS) is 10.5. The molecule has 1 unspecified atom stereocenters. The van der Waals surface area contributed by atoms with Crippen LogP contribution in [0.4, 0.5) is 0 Å². The van der Waals surface area contributed by atoms with Crippen LogP contribution in [-0.4, -0.2) is 37.5 Å². The Morgan fingerprint density at radius 1 is 1.23 bits per heavy atom. The highest BCUT2D eigenvalue weighted by atomic mass is 16.6. The Labute approximate surface area is 135 Å². The molecular weight excluding hydrogens is 280 g/mol. The number of benzene rings is 1. The Kier molecular flexibility index (Phi) is 16.6. The molecule has 0 bridgehead atoms. The molecule has 0 aliphatic carbocycles. The van der Waals surface area contributed by atoms with Crippen LogP contribution in [0, 0.1) is 13.8 Å². The molecule has 0 aliphatic rings. The van der Waals surface area contributed by atoms with Gasteiger partial charge in [0.15, 0.2) is 0 Å². The average molecular weight is 312 g/mol. The number of unbranched alkanes of at least 4 members (excludes halogenated alkanes) is 1. The summed E-state index contributed by atoms with van der Waals surface area (Å²) in [6, 6.07) is 8.36. The highest BCUT2D eigenvalue weighted by Gasteiger charge is 2.02. The highest BCUT2D eigenvalue weighted by Crippen LogP contribution is 2.02. The van der Waals surface area contributed by atoms with Crippen LogP contribution in [0.25, 0.3) is 0 Å². The van der Waals surface area contributed by atoms with E-state index in [1.807, 2.05) is 0 Å². The van der Waals surface area contributed by atoms with Gasteiger partial charge in [-0.3, -0.25) is 4.79 Å². The fourth-order valence-corrected chi connectivity index (χ4v) is 1.37. The lowest BCUT2D eigenvalue weighted by atomic mass is 10.1. The number of methoxy groups -OCH3 is 1. The summed E-state index contributed by atoms with van der Waals surface area (Å²) in [5, 5.41) is 8.07. The minimum absolute atomic E-state index is 0.132. The van der Waals surface area contributed by atoms with Crippen molar-refractivity contribution in [2.45, 2.75) is 53.6 Å². The monoisotopic (exact) mass is 312 g/mol. The van der Waals surface area contributed by atoms with Crippen LogP contribution < -0.4 is 0 Å². The predicted molar refractivity (Wildman–Crippen MR) is 91.0 cm³/mol. The van der Waals surface area contributed by atoms with Gasteiger partial charge in [-0.15, -0.1) is 0 Å². The first kappa shape index (κ1) is 22.9. The van der Waals surface area contributed by atoms with Gasteiger partial charge in [-0.1, -0.05) is 37.6 Å². The van der Waals surface area contributed by atoms with Gasteiger partial charge < -0.3 is 14.6 Å². The zero-order valence-corrected chi connectivity index (χ0v) is 14.9. The molecule has 128 valence electrons. The maximum absolute atomic E-state index is 10.3. The number of aliphatic hydroxyl groups excluding tert-OH is 1.